The number of amides is 2. The highest BCUT2D eigenvalue weighted by atomic mass is 16.5. The van der Waals surface area contributed by atoms with E-state index in [0.717, 1.165) is 11.3 Å². The van der Waals surface area contributed by atoms with Gasteiger partial charge in [-0.05, 0) is 42.3 Å². The number of nitrogens with one attached hydrogen (secondary N) is 2. The maximum atomic E-state index is 12.2. The summed E-state index contributed by atoms with van der Waals surface area (Å²) < 4.78 is 10.4. The molecule has 0 aromatic heterocycles. The van der Waals surface area contributed by atoms with Crippen LogP contribution >= 0.6 is 0 Å². The van der Waals surface area contributed by atoms with Crippen molar-refractivity contribution in [3.8, 4) is 11.5 Å². The normalized spacial score (nSPS) is 10.0. The van der Waals surface area contributed by atoms with E-state index in [1.54, 1.807) is 32.4 Å². The molecule has 0 heterocycles. The second-order valence-corrected chi connectivity index (χ2v) is 5.39. The molecular weight excluding hydrogens is 320 g/mol. The van der Waals surface area contributed by atoms with Crippen LogP contribution in [0.3, 0.4) is 0 Å². The Balaban J connectivity index is 2.02. The highest BCUT2D eigenvalue weighted by Gasteiger charge is 2.12. The highest BCUT2D eigenvalue weighted by Crippen LogP contribution is 2.26. The molecule has 0 fully saturated rings. The molecule has 0 radical (unpaired) electrons. The van der Waals surface area contributed by atoms with E-state index >= 15 is 0 Å². The lowest BCUT2D eigenvalue weighted by molar-refractivity contribution is -0.116. The number of aryl methyl sites for hydroxylation is 1. The van der Waals surface area contributed by atoms with Crippen LogP contribution in [0.15, 0.2) is 42.5 Å². The number of benzene rings is 2. The molecule has 6 heteroatoms. The van der Waals surface area contributed by atoms with Gasteiger partial charge in [-0.15, -0.1) is 0 Å². The summed E-state index contributed by atoms with van der Waals surface area (Å²) in [7, 11) is 4.68. The van der Waals surface area contributed by atoms with Gasteiger partial charge in [-0.25, -0.2) is 0 Å². The number of ether oxygens (including phenoxy) is 2. The number of anilines is 1. The molecule has 0 aliphatic carbocycles. The summed E-state index contributed by atoms with van der Waals surface area (Å²) in [5, 5.41) is 5.36. The van der Waals surface area contributed by atoms with Gasteiger partial charge in [-0.2, -0.15) is 0 Å². The topological polar surface area (TPSA) is 76.7 Å². The first kappa shape index (κ1) is 18.3. The van der Waals surface area contributed by atoms with E-state index in [4.69, 9.17) is 9.47 Å². The molecule has 0 saturated carbocycles. The third-order valence-corrected chi connectivity index (χ3v) is 3.76. The molecule has 0 aliphatic heterocycles. The first-order chi connectivity index (χ1) is 12.1. The molecule has 2 rings (SSSR count). The van der Waals surface area contributed by atoms with Crippen LogP contribution in [-0.4, -0.2) is 33.1 Å². The number of carbonyl (C=O) groups excluding carboxylic acids is 2. The molecule has 2 amide bonds. The predicted molar refractivity (Wildman–Crippen MR) is 96.3 cm³/mol. The SMILES string of the molecule is CNC(=O)c1ccc(OC)c(NC(=O)CCc2ccc(OC)cc2)c1. The van der Waals surface area contributed by atoms with E-state index in [0.29, 0.717) is 29.8 Å². The van der Waals surface area contributed by atoms with Gasteiger partial charge in [0.2, 0.25) is 5.91 Å². The van der Waals surface area contributed by atoms with Gasteiger partial charge < -0.3 is 20.1 Å². The van der Waals surface area contributed by atoms with Crippen LogP contribution in [0, 0.1) is 0 Å². The Labute approximate surface area is 147 Å². The smallest absolute Gasteiger partial charge is 0.251 e. The van der Waals surface area contributed by atoms with Gasteiger partial charge in [0, 0.05) is 19.0 Å². The number of methoxy groups -OCH3 is 2. The number of hydrogen-bond donors (Lipinski definition) is 2. The van der Waals surface area contributed by atoms with Crippen LogP contribution in [0.4, 0.5) is 5.69 Å². The largest absolute Gasteiger partial charge is 0.497 e. The third-order valence-electron chi connectivity index (χ3n) is 3.76. The van der Waals surface area contributed by atoms with Crippen molar-refractivity contribution in [3.63, 3.8) is 0 Å². The average Bonchev–Trinajstić information content (AvgIpc) is 2.66. The zero-order valence-corrected chi connectivity index (χ0v) is 14.6. The lowest BCUT2D eigenvalue weighted by Gasteiger charge is -2.12. The van der Waals surface area contributed by atoms with E-state index in [2.05, 4.69) is 10.6 Å². The Hall–Kier alpha value is -3.02. The molecular formula is C19H22N2O4. The summed E-state index contributed by atoms with van der Waals surface area (Å²) in [6, 6.07) is 12.5. The maximum absolute atomic E-state index is 12.2. The van der Waals surface area contributed by atoms with Crippen molar-refractivity contribution in [2.24, 2.45) is 0 Å². The fourth-order valence-electron chi connectivity index (χ4n) is 2.35. The highest BCUT2D eigenvalue weighted by molar-refractivity contribution is 5.98. The van der Waals surface area contributed by atoms with Crippen molar-refractivity contribution in [2.45, 2.75) is 12.8 Å². The van der Waals surface area contributed by atoms with Gasteiger partial charge in [0.1, 0.15) is 11.5 Å². The van der Waals surface area contributed by atoms with Gasteiger partial charge >= 0.3 is 0 Å². The minimum absolute atomic E-state index is 0.150. The Morgan fingerprint density at radius 2 is 1.72 bits per heavy atom. The molecule has 0 atom stereocenters. The minimum atomic E-state index is -0.226. The third kappa shape index (κ3) is 4.97. The van der Waals surface area contributed by atoms with Crippen molar-refractivity contribution in [2.75, 3.05) is 26.6 Å². The van der Waals surface area contributed by atoms with Crippen LogP contribution < -0.4 is 20.1 Å². The summed E-state index contributed by atoms with van der Waals surface area (Å²) >= 11 is 0. The Bertz CT molecular complexity index is 742. The summed E-state index contributed by atoms with van der Waals surface area (Å²) in [6.45, 7) is 0. The lowest BCUT2D eigenvalue weighted by Crippen LogP contribution is -2.19. The summed E-state index contributed by atoms with van der Waals surface area (Å²) in [5.41, 5.74) is 1.97. The Morgan fingerprint density at radius 3 is 2.32 bits per heavy atom. The quantitative estimate of drug-likeness (QED) is 0.811. The van der Waals surface area contributed by atoms with Crippen LogP contribution in [0.5, 0.6) is 11.5 Å². The summed E-state index contributed by atoms with van der Waals surface area (Å²) in [4.78, 5) is 24.0. The Kier molecular flexibility index (Phi) is 6.39. The molecule has 25 heavy (non-hydrogen) atoms. The zero-order chi connectivity index (χ0) is 18.2. The van der Waals surface area contributed by atoms with Gasteiger partial charge in [-0.1, -0.05) is 12.1 Å². The lowest BCUT2D eigenvalue weighted by atomic mass is 10.1. The fourth-order valence-corrected chi connectivity index (χ4v) is 2.35. The molecule has 2 aromatic rings. The summed E-state index contributed by atoms with van der Waals surface area (Å²) in [5.74, 6) is 0.911. The number of carbonyl (C=O) groups is 2. The van der Waals surface area contributed by atoms with Gasteiger partial charge in [0.15, 0.2) is 0 Å². The zero-order valence-electron chi connectivity index (χ0n) is 14.6. The molecule has 0 saturated heterocycles. The van der Waals surface area contributed by atoms with Gasteiger partial charge in [0.05, 0.1) is 19.9 Å². The predicted octanol–water partition coefficient (Wildman–Crippen LogP) is 2.63. The van der Waals surface area contributed by atoms with Crippen LogP contribution in [0.2, 0.25) is 0 Å². The average molecular weight is 342 g/mol. The molecule has 2 aromatic carbocycles. The second kappa shape index (κ2) is 8.73. The van der Waals surface area contributed by atoms with Crippen molar-refractivity contribution in [1.29, 1.82) is 0 Å². The maximum Gasteiger partial charge on any atom is 0.251 e. The number of hydrogen-bond acceptors (Lipinski definition) is 4. The standard InChI is InChI=1S/C19H22N2O4/c1-20-19(23)14-7-10-17(25-3)16(12-14)21-18(22)11-6-13-4-8-15(24-2)9-5-13/h4-5,7-10,12H,6,11H2,1-3H3,(H,20,23)(H,21,22). The fraction of sp³-hybridized carbons (Fsp3) is 0.263. The molecule has 132 valence electrons. The van der Waals surface area contributed by atoms with E-state index in [1.807, 2.05) is 24.3 Å². The second-order valence-electron chi connectivity index (χ2n) is 5.39. The molecule has 0 aliphatic rings. The summed E-state index contributed by atoms with van der Waals surface area (Å²) in [6.07, 6.45) is 0.924. The van der Waals surface area contributed by atoms with Crippen molar-refractivity contribution in [3.05, 3.63) is 53.6 Å². The molecule has 0 spiro atoms. The van der Waals surface area contributed by atoms with Crippen molar-refractivity contribution < 1.29 is 19.1 Å². The van der Waals surface area contributed by atoms with Crippen LogP contribution in [0.25, 0.3) is 0 Å². The number of rotatable bonds is 7. The van der Waals surface area contributed by atoms with Crippen LogP contribution in [0.1, 0.15) is 22.3 Å². The van der Waals surface area contributed by atoms with Gasteiger partial charge in [0.25, 0.3) is 5.91 Å². The molecule has 2 N–H and O–H groups in total. The molecule has 6 nitrogen and oxygen atoms in total. The molecule has 0 unspecified atom stereocenters. The van der Waals surface area contributed by atoms with Crippen molar-refractivity contribution >= 4 is 17.5 Å². The van der Waals surface area contributed by atoms with E-state index < -0.39 is 0 Å². The van der Waals surface area contributed by atoms with E-state index in [9.17, 15) is 9.59 Å². The Morgan fingerprint density at radius 1 is 1.00 bits per heavy atom. The van der Waals surface area contributed by atoms with Crippen molar-refractivity contribution in [1.82, 2.24) is 5.32 Å². The first-order valence-electron chi connectivity index (χ1n) is 7.90. The van der Waals surface area contributed by atoms with Crippen LogP contribution in [-0.2, 0) is 11.2 Å². The molecule has 0 bridgehead atoms. The van der Waals surface area contributed by atoms with E-state index in [1.165, 1.54) is 7.11 Å². The monoisotopic (exact) mass is 342 g/mol. The first-order valence-corrected chi connectivity index (χ1v) is 7.90. The van der Waals surface area contributed by atoms with E-state index in [-0.39, 0.29) is 11.8 Å². The van der Waals surface area contributed by atoms with Gasteiger partial charge in [-0.3, -0.25) is 9.59 Å². The minimum Gasteiger partial charge on any atom is -0.497 e.